The maximum Gasteiger partial charge on any atom is 0.123 e. The monoisotopic (exact) mass is 337 g/mol. The van der Waals surface area contributed by atoms with Gasteiger partial charge in [0.2, 0.25) is 0 Å². The minimum absolute atomic E-state index is 0.402. The fourth-order valence-corrected chi connectivity index (χ4v) is 2.63. The van der Waals surface area contributed by atoms with Crippen molar-refractivity contribution in [3.63, 3.8) is 0 Å². The summed E-state index contributed by atoms with van der Waals surface area (Å²) in [6, 6.07) is 14.3. The summed E-state index contributed by atoms with van der Waals surface area (Å²) in [6.07, 6.45) is 2.00. The summed E-state index contributed by atoms with van der Waals surface area (Å²) in [5.74, 6) is 0.923. The molecule has 2 aromatic rings. The third-order valence-corrected chi connectivity index (χ3v) is 4.42. The Morgan fingerprint density at radius 2 is 1.86 bits per heavy atom. The molecule has 0 spiro atoms. The predicted molar refractivity (Wildman–Crippen MR) is 94.1 cm³/mol. The molecule has 0 aliphatic carbocycles. The van der Waals surface area contributed by atoms with Crippen LogP contribution in [-0.4, -0.2) is 13.2 Å². The first-order valence-electron chi connectivity index (χ1n) is 7.39. The molecule has 2 nitrogen and oxygen atoms in total. The molecule has 1 N–H and O–H groups in total. The van der Waals surface area contributed by atoms with Gasteiger partial charge >= 0.3 is 0 Å². The van der Waals surface area contributed by atoms with E-state index in [1.807, 2.05) is 36.4 Å². The van der Waals surface area contributed by atoms with Gasteiger partial charge in [0.1, 0.15) is 5.75 Å². The molecule has 0 aromatic heterocycles. The number of halogens is 2. The fraction of sp³-hybridized carbons (Fsp3) is 0.333. The van der Waals surface area contributed by atoms with Gasteiger partial charge in [0.15, 0.2) is 0 Å². The van der Waals surface area contributed by atoms with Crippen molar-refractivity contribution in [3.8, 4) is 5.75 Å². The van der Waals surface area contributed by atoms with Crippen LogP contribution in [0.3, 0.4) is 0 Å². The van der Waals surface area contributed by atoms with E-state index in [0.29, 0.717) is 16.1 Å². The number of hydrogen-bond acceptors (Lipinski definition) is 2. The van der Waals surface area contributed by atoms with E-state index in [1.165, 1.54) is 11.1 Å². The molecule has 0 radical (unpaired) electrons. The Hall–Kier alpha value is -1.22. The lowest BCUT2D eigenvalue weighted by molar-refractivity contribution is 0.405. The molecule has 22 heavy (non-hydrogen) atoms. The Labute approximate surface area is 142 Å². The van der Waals surface area contributed by atoms with Crippen molar-refractivity contribution in [3.05, 3.63) is 63.6 Å². The lowest BCUT2D eigenvalue weighted by atomic mass is 10.1. The number of methoxy groups -OCH3 is 1. The number of rotatable bonds is 7. The molecule has 1 atom stereocenters. The van der Waals surface area contributed by atoms with Crippen LogP contribution >= 0.6 is 23.2 Å². The predicted octanol–water partition coefficient (Wildman–Crippen LogP) is 5.11. The first-order chi connectivity index (χ1) is 10.6. The van der Waals surface area contributed by atoms with Gasteiger partial charge in [-0.05, 0) is 43.5 Å². The van der Waals surface area contributed by atoms with E-state index in [0.717, 1.165) is 25.1 Å². The van der Waals surface area contributed by atoms with Crippen molar-refractivity contribution >= 4 is 23.2 Å². The zero-order chi connectivity index (χ0) is 15.9. The molecule has 2 rings (SSSR count). The van der Waals surface area contributed by atoms with Gasteiger partial charge in [0.05, 0.1) is 17.2 Å². The topological polar surface area (TPSA) is 21.3 Å². The van der Waals surface area contributed by atoms with Crippen molar-refractivity contribution in [2.75, 3.05) is 7.11 Å². The third kappa shape index (κ3) is 4.91. The normalized spacial score (nSPS) is 12.2. The van der Waals surface area contributed by atoms with E-state index in [1.54, 1.807) is 7.11 Å². The van der Waals surface area contributed by atoms with E-state index in [9.17, 15) is 0 Å². The average Bonchev–Trinajstić information content (AvgIpc) is 2.54. The molecule has 0 bridgehead atoms. The molecule has 118 valence electrons. The summed E-state index contributed by atoms with van der Waals surface area (Å²) in [6.45, 7) is 2.99. The number of hydrogen-bond donors (Lipinski definition) is 1. The van der Waals surface area contributed by atoms with Gasteiger partial charge in [0.25, 0.3) is 0 Å². The van der Waals surface area contributed by atoms with E-state index in [4.69, 9.17) is 27.9 Å². The van der Waals surface area contributed by atoms with E-state index in [2.05, 4.69) is 18.3 Å². The van der Waals surface area contributed by atoms with Crippen LogP contribution in [0, 0.1) is 0 Å². The Morgan fingerprint density at radius 1 is 1.09 bits per heavy atom. The Bertz CT molecular complexity index is 616. The van der Waals surface area contributed by atoms with Crippen molar-refractivity contribution in [1.29, 1.82) is 0 Å². The highest BCUT2D eigenvalue weighted by atomic mass is 35.5. The third-order valence-electron chi connectivity index (χ3n) is 3.68. The number of para-hydroxylation sites is 1. The summed E-state index contributed by atoms with van der Waals surface area (Å²) in [7, 11) is 1.70. The van der Waals surface area contributed by atoms with Crippen LogP contribution in [0.4, 0.5) is 0 Å². The van der Waals surface area contributed by atoms with E-state index >= 15 is 0 Å². The molecule has 2 aromatic carbocycles. The SMILES string of the molecule is COc1ccccc1CNC(C)CCc1ccc(Cl)c(Cl)c1. The summed E-state index contributed by atoms with van der Waals surface area (Å²) in [5.41, 5.74) is 2.38. The van der Waals surface area contributed by atoms with Gasteiger partial charge in [-0.25, -0.2) is 0 Å². The van der Waals surface area contributed by atoms with Crippen LogP contribution in [-0.2, 0) is 13.0 Å². The number of aryl methyl sites for hydroxylation is 1. The number of ether oxygens (including phenoxy) is 1. The summed E-state index contributed by atoms with van der Waals surface area (Å²) < 4.78 is 5.36. The van der Waals surface area contributed by atoms with Crippen LogP contribution < -0.4 is 10.1 Å². The Balaban J connectivity index is 1.82. The molecule has 0 heterocycles. The van der Waals surface area contributed by atoms with Crippen LogP contribution in [0.15, 0.2) is 42.5 Å². The van der Waals surface area contributed by atoms with Gasteiger partial charge in [-0.3, -0.25) is 0 Å². The highest BCUT2D eigenvalue weighted by molar-refractivity contribution is 6.42. The van der Waals surface area contributed by atoms with Crippen LogP contribution in [0.5, 0.6) is 5.75 Å². The van der Waals surface area contributed by atoms with Gasteiger partial charge in [-0.2, -0.15) is 0 Å². The van der Waals surface area contributed by atoms with Crippen molar-refractivity contribution < 1.29 is 4.74 Å². The minimum atomic E-state index is 0.402. The Morgan fingerprint density at radius 3 is 2.59 bits per heavy atom. The molecular weight excluding hydrogens is 317 g/mol. The molecule has 0 saturated carbocycles. The van der Waals surface area contributed by atoms with E-state index in [-0.39, 0.29) is 0 Å². The van der Waals surface area contributed by atoms with Crippen LogP contribution in [0.25, 0.3) is 0 Å². The zero-order valence-electron chi connectivity index (χ0n) is 12.9. The molecule has 0 amide bonds. The van der Waals surface area contributed by atoms with E-state index < -0.39 is 0 Å². The van der Waals surface area contributed by atoms with Crippen molar-refractivity contribution in [1.82, 2.24) is 5.32 Å². The standard InChI is InChI=1S/C18H21Cl2NO/c1-13(7-8-14-9-10-16(19)17(20)11-14)21-12-15-5-3-4-6-18(15)22-2/h3-6,9-11,13,21H,7-8,12H2,1-2H3. The highest BCUT2D eigenvalue weighted by Crippen LogP contribution is 2.23. The maximum absolute atomic E-state index is 6.04. The lowest BCUT2D eigenvalue weighted by Crippen LogP contribution is -2.26. The smallest absolute Gasteiger partial charge is 0.123 e. The largest absolute Gasteiger partial charge is 0.496 e. The van der Waals surface area contributed by atoms with Gasteiger partial charge < -0.3 is 10.1 Å². The molecular formula is C18H21Cl2NO. The summed E-state index contributed by atoms with van der Waals surface area (Å²) in [4.78, 5) is 0. The second-order valence-electron chi connectivity index (χ2n) is 5.38. The van der Waals surface area contributed by atoms with Crippen LogP contribution in [0.1, 0.15) is 24.5 Å². The summed E-state index contributed by atoms with van der Waals surface area (Å²) in [5, 5.41) is 4.75. The summed E-state index contributed by atoms with van der Waals surface area (Å²) >= 11 is 12.0. The second kappa shape index (κ2) is 8.42. The second-order valence-corrected chi connectivity index (χ2v) is 6.20. The molecule has 0 fully saturated rings. The van der Waals surface area contributed by atoms with Gasteiger partial charge in [0, 0.05) is 18.2 Å². The van der Waals surface area contributed by atoms with Crippen LogP contribution in [0.2, 0.25) is 10.0 Å². The maximum atomic E-state index is 6.04. The van der Waals surface area contributed by atoms with Gasteiger partial charge in [-0.1, -0.05) is 47.5 Å². The van der Waals surface area contributed by atoms with Crippen molar-refractivity contribution in [2.24, 2.45) is 0 Å². The van der Waals surface area contributed by atoms with Crippen molar-refractivity contribution in [2.45, 2.75) is 32.4 Å². The molecule has 1 unspecified atom stereocenters. The first kappa shape index (κ1) is 17.1. The number of nitrogens with one attached hydrogen (secondary N) is 1. The molecule has 0 saturated heterocycles. The average molecular weight is 338 g/mol. The minimum Gasteiger partial charge on any atom is -0.496 e. The highest BCUT2D eigenvalue weighted by Gasteiger charge is 2.06. The fourth-order valence-electron chi connectivity index (χ4n) is 2.31. The lowest BCUT2D eigenvalue weighted by Gasteiger charge is -2.15. The number of benzene rings is 2. The quantitative estimate of drug-likeness (QED) is 0.757. The molecule has 4 heteroatoms. The Kier molecular flexibility index (Phi) is 6.56. The first-order valence-corrected chi connectivity index (χ1v) is 8.15. The molecule has 0 aliphatic rings. The zero-order valence-corrected chi connectivity index (χ0v) is 14.4. The van der Waals surface area contributed by atoms with Gasteiger partial charge in [-0.15, -0.1) is 0 Å². The molecule has 0 aliphatic heterocycles.